The van der Waals surface area contributed by atoms with E-state index < -0.39 is 0 Å². The highest BCUT2D eigenvalue weighted by atomic mass is 16.5. The van der Waals surface area contributed by atoms with Crippen molar-refractivity contribution in [1.82, 2.24) is 15.1 Å². The molecule has 198 valence electrons. The predicted octanol–water partition coefficient (Wildman–Crippen LogP) is 4.76. The van der Waals surface area contributed by atoms with Gasteiger partial charge in [0, 0.05) is 37.5 Å². The van der Waals surface area contributed by atoms with Crippen LogP contribution in [0.3, 0.4) is 0 Å². The molecule has 0 aromatic rings. The fourth-order valence-electron chi connectivity index (χ4n) is 4.15. The zero-order valence-corrected chi connectivity index (χ0v) is 22.6. The van der Waals surface area contributed by atoms with Gasteiger partial charge in [-0.3, -0.25) is 19.5 Å². The summed E-state index contributed by atoms with van der Waals surface area (Å²) in [5.74, 6) is 1.06. The minimum absolute atomic E-state index is 0.0173. The molecule has 0 aromatic carbocycles. The summed E-state index contributed by atoms with van der Waals surface area (Å²) in [6.07, 6.45) is 17.4. The first-order valence-electron chi connectivity index (χ1n) is 13.3. The smallest absolute Gasteiger partial charge is 0.314 e. The lowest BCUT2D eigenvalue weighted by molar-refractivity contribution is -0.143. The second kappa shape index (κ2) is 15.9. The molecule has 1 fully saturated rings. The van der Waals surface area contributed by atoms with E-state index in [1.807, 2.05) is 38.3 Å². The summed E-state index contributed by atoms with van der Waals surface area (Å²) in [5, 5.41) is 2.94. The highest BCUT2D eigenvalue weighted by Gasteiger charge is 2.25. The number of rotatable bonds is 14. The molecule has 1 aliphatic heterocycles. The fraction of sp³-hybridized carbons (Fsp3) is 0.552. The number of likely N-dealkylation sites (N-methyl/N-ethyl adjacent to an activating group) is 2. The molecular formula is C29H44N4O3. The van der Waals surface area contributed by atoms with E-state index in [-0.39, 0.29) is 17.8 Å². The van der Waals surface area contributed by atoms with Gasteiger partial charge in [-0.25, -0.2) is 0 Å². The van der Waals surface area contributed by atoms with Crippen molar-refractivity contribution < 1.29 is 14.3 Å². The average molecular weight is 497 g/mol. The number of nitrogens with one attached hydrogen (secondary N) is 1. The van der Waals surface area contributed by atoms with Gasteiger partial charge >= 0.3 is 5.97 Å². The normalized spacial score (nSPS) is 18.6. The number of carbonyl (C=O) groups is 2. The first kappa shape index (κ1) is 29.3. The largest absolute Gasteiger partial charge is 0.427 e. The van der Waals surface area contributed by atoms with Gasteiger partial charge in [-0.05, 0) is 44.9 Å². The van der Waals surface area contributed by atoms with Crippen LogP contribution in [-0.4, -0.2) is 67.3 Å². The van der Waals surface area contributed by atoms with E-state index >= 15 is 0 Å². The van der Waals surface area contributed by atoms with Gasteiger partial charge in [0.05, 0.1) is 19.0 Å². The standard InChI is InChI=1S/C29H44N4O3/c1-6-10-11-12-17-24-21-30-27(31-28(24)34)22-33(9-4)19-18-32(5)25(7-2)20-26(8-3)36-29(35)23-15-13-14-16-23/h7-8,11-12,17,20,23H,2,6,9-10,13-16,18-19,21-22H2,1,3-5H3,(H,30,31,34)/b12-11-,24-17+,25-20+,26-8+. The van der Waals surface area contributed by atoms with Gasteiger partial charge in [-0.1, -0.05) is 57.9 Å². The van der Waals surface area contributed by atoms with Crippen LogP contribution in [0.25, 0.3) is 0 Å². The van der Waals surface area contributed by atoms with Crippen LogP contribution in [0.4, 0.5) is 0 Å². The van der Waals surface area contributed by atoms with Crippen molar-refractivity contribution in [2.75, 3.05) is 39.8 Å². The Hall–Kier alpha value is -2.93. The number of allylic oxidation sites excluding steroid dienone is 6. The van der Waals surface area contributed by atoms with E-state index in [9.17, 15) is 9.59 Å². The molecular weight excluding hydrogens is 452 g/mol. The van der Waals surface area contributed by atoms with Gasteiger partial charge < -0.3 is 15.0 Å². The SMILES string of the molecule is C=C/C(=C\C(=C/C)OC(=O)C1CCCC1)N(C)CCN(CC)CC1=NC/C(=C\C=C/CCC)C(=O)N1. The molecule has 0 atom stereocenters. The summed E-state index contributed by atoms with van der Waals surface area (Å²) in [6, 6.07) is 0. The lowest BCUT2D eigenvalue weighted by atomic mass is 10.1. The van der Waals surface area contributed by atoms with Crippen molar-refractivity contribution in [3.8, 4) is 0 Å². The van der Waals surface area contributed by atoms with E-state index in [2.05, 4.69) is 46.6 Å². The highest BCUT2D eigenvalue weighted by molar-refractivity contribution is 6.09. The molecule has 0 radical (unpaired) electrons. The van der Waals surface area contributed by atoms with Crippen molar-refractivity contribution in [2.24, 2.45) is 10.9 Å². The summed E-state index contributed by atoms with van der Waals surface area (Å²) >= 11 is 0. The summed E-state index contributed by atoms with van der Waals surface area (Å²) in [5.41, 5.74) is 1.57. The average Bonchev–Trinajstić information content (AvgIpc) is 3.43. The monoisotopic (exact) mass is 496 g/mol. The summed E-state index contributed by atoms with van der Waals surface area (Å²) < 4.78 is 5.66. The number of hydrogen-bond donors (Lipinski definition) is 1. The zero-order chi connectivity index (χ0) is 26.3. The Morgan fingerprint density at radius 2 is 2.00 bits per heavy atom. The number of ether oxygens (including phenoxy) is 1. The molecule has 7 heteroatoms. The molecule has 1 aliphatic carbocycles. The Kier molecular flexibility index (Phi) is 13.0. The van der Waals surface area contributed by atoms with Gasteiger partial charge in [0.1, 0.15) is 11.6 Å². The highest BCUT2D eigenvalue weighted by Crippen LogP contribution is 2.26. The maximum atomic E-state index is 12.4. The Balaban J connectivity index is 1.90. The van der Waals surface area contributed by atoms with Crippen LogP contribution in [0.5, 0.6) is 0 Å². The third kappa shape index (κ3) is 9.61. The second-order valence-corrected chi connectivity index (χ2v) is 9.28. The number of aliphatic imine (C=N–C) groups is 1. The van der Waals surface area contributed by atoms with Crippen molar-refractivity contribution >= 4 is 17.7 Å². The van der Waals surface area contributed by atoms with Crippen molar-refractivity contribution in [3.05, 3.63) is 60.1 Å². The molecule has 1 heterocycles. The number of esters is 1. The van der Waals surface area contributed by atoms with E-state index in [1.54, 1.807) is 6.08 Å². The first-order valence-corrected chi connectivity index (χ1v) is 13.3. The van der Waals surface area contributed by atoms with E-state index in [0.717, 1.165) is 63.9 Å². The van der Waals surface area contributed by atoms with Crippen LogP contribution in [-0.2, 0) is 14.3 Å². The minimum Gasteiger partial charge on any atom is -0.427 e. The summed E-state index contributed by atoms with van der Waals surface area (Å²) in [6.45, 7) is 13.4. The first-order chi connectivity index (χ1) is 17.4. The van der Waals surface area contributed by atoms with Gasteiger partial charge in [-0.15, -0.1) is 0 Å². The van der Waals surface area contributed by atoms with E-state index in [4.69, 9.17) is 4.74 Å². The lowest BCUT2D eigenvalue weighted by Crippen LogP contribution is -2.45. The molecule has 0 spiro atoms. The van der Waals surface area contributed by atoms with Gasteiger partial charge in [-0.2, -0.15) is 0 Å². The number of amidine groups is 1. The third-order valence-corrected chi connectivity index (χ3v) is 6.58. The number of nitrogens with zero attached hydrogens (tertiary/aromatic N) is 3. The van der Waals surface area contributed by atoms with Crippen LogP contribution in [0.1, 0.15) is 59.3 Å². The fourth-order valence-corrected chi connectivity index (χ4v) is 4.15. The predicted molar refractivity (Wildman–Crippen MR) is 147 cm³/mol. The Labute approximate surface area is 217 Å². The molecule has 2 aliphatic rings. The van der Waals surface area contributed by atoms with Crippen LogP contribution in [0.15, 0.2) is 65.1 Å². The maximum absolute atomic E-state index is 12.4. The molecule has 0 bridgehead atoms. The van der Waals surface area contributed by atoms with Gasteiger partial charge in [0.25, 0.3) is 5.91 Å². The minimum atomic E-state index is -0.134. The maximum Gasteiger partial charge on any atom is 0.314 e. The van der Waals surface area contributed by atoms with Crippen LogP contribution < -0.4 is 5.32 Å². The van der Waals surface area contributed by atoms with Crippen LogP contribution in [0.2, 0.25) is 0 Å². The topological polar surface area (TPSA) is 74.2 Å². The second-order valence-electron chi connectivity index (χ2n) is 9.28. The molecule has 36 heavy (non-hydrogen) atoms. The number of unbranched alkanes of at least 4 members (excludes halogenated alkanes) is 1. The number of hydrogen-bond acceptors (Lipinski definition) is 6. The van der Waals surface area contributed by atoms with Gasteiger partial charge in [0.2, 0.25) is 0 Å². The molecule has 0 saturated heterocycles. The Morgan fingerprint density at radius 3 is 2.61 bits per heavy atom. The molecule has 1 N–H and O–H groups in total. The van der Waals surface area contributed by atoms with Crippen LogP contribution in [0, 0.1) is 5.92 Å². The van der Waals surface area contributed by atoms with Gasteiger partial charge in [0.15, 0.2) is 0 Å². The van der Waals surface area contributed by atoms with E-state index in [1.165, 1.54) is 0 Å². The Morgan fingerprint density at radius 1 is 1.25 bits per heavy atom. The third-order valence-electron chi connectivity index (χ3n) is 6.58. The molecule has 1 amide bonds. The molecule has 1 saturated carbocycles. The van der Waals surface area contributed by atoms with E-state index in [0.29, 0.717) is 30.3 Å². The van der Waals surface area contributed by atoms with Crippen molar-refractivity contribution in [1.29, 1.82) is 0 Å². The molecule has 2 rings (SSSR count). The molecule has 0 unspecified atom stereocenters. The number of carbonyl (C=O) groups excluding carboxylic acids is 2. The molecule has 0 aromatic heterocycles. The zero-order valence-electron chi connectivity index (χ0n) is 22.6. The summed E-state index contributed by atoms with van der Waals surface area (Å²) in [7, 11) is 2.00. The number of amides is 1. The summed E-state index contributed by atoms with van der Waals surface area (Å²) in [4.78, 5) is 33.8. The van der Waals surface area contributed by atoms with Crippen LogP contribution >= 0.6 is 0 Å². The van der Waals surface area contributed by atoms with Crippen molar-refractivity contribution in [3.63, 3.8) is 0 Å². The quantitative estimate of drug-likeness (QED) is 0.162. The Bertz CT molecular complexity index is 907. The lowest BCUT2D eigenvalue weighted by Gasteiger charge is -2.27. The molecule has 7 nitrogen and oxygen atoms in total. The van der Waals surface area contributed by atoms with Crippen molar-refractivity contribution in [2.45, 2.75) is 59.3 Å².